The molecule has 1 aromatic carbocycles. The van der Waals surface area contributed by atoms with Crippen molar-refractivity contribution in [1.82, 2.24) is 0 Å². The van der Waals surface area contributed by atoms with Crippen molar-refractivity contribution in [2.24, 2.45) is 0 Å². The first-order chi connectivity index (χ1) is 7.66. The zero-order valence-corrected chi connectivity index (χ0v) is 9.33. The fraction of sp³-hybridized carbons (Fsp3) is 0.167. The lowest BCUT2D eigenvalue weighted by Gasteiger charge is -2.14. The Labute approximate surface area is 98.3 Å². The Kier molecular flexibility index (Phi) is 2.79. The van der Waals surface area contributed by atoms with E-state index in [0.29, 0.717) is 29.2 Å². The monoisotopic (exact) mass is 235 g/mol. The molecule has 0 bridgehead atoms. The van der Waals surface area contributed by atoms with Gasteiger partial charge in [-0.05, 0) is 18.6 Å². The summed E-state index contributed by atoms with van der Waals surface area (Å²) in [7, 11) is 0. The van der Waals surface area contributed by atoms with E-state index in [1.165, 1.54) is 4.90 Å². The number of fused-ring (bicyclic) bond motifs is 1. The van der Waals surface area contributed by atoms with Crippen LogP contribution in [0.25, 0.3) is 0 Å². The van der Waals surface area contributed by atoms with E-state index in [1.807, 2.05) is 0 Å². The van der Waals surface area contributed by atoms with Gasteiger partial charge in [-0.3, -0.25) is 9.59 Å². The normalized spacial score (nSPS) is 14.2. The summed E-state index contributed by atoms with van der Waals surface area (Å²) in [5.41, 5.74) is 0.919. The van der Waals surface area contributed by atoms with Crippen molar-refractivity contribution in [3.63, 3.8) is 0 Å². The van der Waals surface area contributed by atoms with Crippen molar-refractivity contribution in [2.45, 2.75) is 6.42 Å². The van der Waals surface area contributed by atoms with E-state index >= 15 is 0 Å². The van der Waals surface area contributed by atoms with E-state index in [0.717, 1.165) is 0 Å². The van der Waals surface area contributed by atoms with Crippen molar-refractivity contribution in [3.05, 3.63) is 41.4 Å². The number of nitrogens with zero attached hydrogens (tertiary/aromatic N) is 1. The summed E-state index contributed by atoms with van der Waals surface area (Å²) in [5.74, 6) is -1.03. The maximum atomic E-state index is 11.7. The number of carbonyl (C=O) groups excluding carboxylic acids is 2. The van der Waals surface area contributed by atoms with Gasteiger partial charge in [-0.15, -0.1) is 6.58 Å². The number of hydrogen-bond acceptors (Lipinski definition) is 2. The van der Waals surface area contributed by atoms with Crippen LogP contribution in [-0.4, -0.2) is 18.2 Å². The molecule has 2 rings (SSSR count). The first-order valence-electron chi connectivity index (χ1n) is 4.92. The highest BCUT2D eigenvalue weighted by molar-refractivity contribution is 6.55. The standard InChI is InChI=1S/C12H10ClNO2/c1-2-3-7-14-9-6-4-5-8(13)10(9)11(15)12(14)16/h2,4-6H,1,3,7H2. The van der Waals surface area contributed by atoms with Gasteiger partial charge in [0.15, 0.2) is 0 Å². The number of ketones is 1. The minimum Gasteiger partial charge on any atom is -0.304 e. The van der Waals surface area contributed by atoms with Crippen LogP contribution in [0.2, 0.25) is 5.02 Å². The third-order valence-electron chi connectivity index (χ3n) is 2.51. The minimum atomic E-state index is -0.523. The number of Topliss-reactive ketones (excluding diaryl/α,β-unsaturated/α-hetero) is 1. The van der Waals surface area contributed by atoms with Crippen molar-refractivity contribution in [2.75, 3.05) is 11.4 Å². The SMILES string of the molecule is C=CCCN1C(=O)C(=O)c2c(Cl)cccc21. The summed E-state index contributed by atoms with van der Waals surface area (Å²) < 4.78 is 0. The van der Waals surface area contributed by atoms with Gasteiger partial charge in [0.25, 0.3) is 11.7 Å². The van der Waals surface area contributed by atoms with Crippen LogP contribution in [0.15, 0.2) is 30.9 Å². The van der Waals surface area contributed by atoms with Crippen LogP contribution < -0.4 is 4.90 Å². The van der Waals surface area contributed by atoms with Crippen LogP contribution in [0.4, 0.5) is 5.69 Å². The largest absolute Gasteiger partial charge is 0.304 e. The Morgan fingerprint density at radius 2 is 2.12 bits per heavy atom. The molecular weight excluding hydrogens is 226 g/mol. The Morgan fingerprint density at radius 3 is 2.81 bits per heavy atom. The maximum Gasteiger partial charge on any atom is 0.299 e. The average Bonchev–Trinajstić information content (AvgIpc) is 2.51. The molecule has 0 fully saturated rings. The van der Waals surface area contributed by atoms with E-state index in [2.05, 4.69) is 6.58 Å². The summed E-state index contributed by atoms with van der Waals surface area (Å²) in [4.78, 5) is 24.8. The Morgan fingerprint density at radius 1 is 1.38 bits per heavy atom. The zero-order valence-electron chi connectivity index (χ0n) is 8.57. The smallest absolute Gasteiger partial charge is 0.299 e. The molecule has 0 unspecified atom stereocenters. The molecule has 3 nitrogen and oxygen atoms in total. The summed E-state index contributed by atoms with van der Waals surface area (Å²) in [6.45, 7) is 4.05. The molecule has 1 heterocycles. The zero-order chi connectivity index (χ0) is 11.7. The molecule has 0 atom stereocenters. The van der Waals surface area contributed by atoms with Crippen LogP contribution in [0.1, 0.15) is 16.8 Å². The molecule has 0 saturated carbocycles. The second-order valence-electron chi connectivity index (χ2n) is 3.50. The molecule has 0 N–H and O–H groups in total. The third-order valence-corrected chi connectivity index (χ3v) is 2.82. The summed E-state index contributed by atoms with van der Waals surface area (Å²) in [6.07, 6.45) is 2.35. The fourth-order valence-corrected chi connectivity index (χ4v) is 2.00. The third kappa shape index (κ3) is 1.53. The molecule has 0 radical (unpaired) electrons. The molecule has 1 amide bonds. The molecule has 1 aliphatic heterocycles. The second-order valence-corrected chi connectivity index (χ2v) is 3.90. The van der Waals surface area contributed by atoms with Crippen LogP contribution in [-0.2, 0) is 4.79 Å². The van der Waals surface area contributed by atoms with Gasteiger partial charge < -0.3 is 4.90 Å². The van der Waals surface area contributed by atoms with Crippen LogP contribution in [0.3, 0.4) is 0 Å². The first-order valence-corrected chi connectivity index (χ1v) is 5.30. The van der Waals surface area contributed by atoms with Gasteiger partial charge in [0.05, 0.1) is 16.3 Å². The maximum absolute atomic E-state index is 11.7. The summed E-state index contributed by atoms with van der Waals surface area (Å²) >= 11 is 5.91. The van der Waals surface area contributed by atoms with E-state index in [4.69, 9.17) is 11.6 Å². The van der Waals surface area contributed by atoms with Crippen LogP contribution in [0.5, 0.6) is 0 Å². The van der Waals surface area contributed by atoms with Crippen LogP contribution in [0, 0.1) is 0 Å². The first kappa shape index (κ1) is 10.9. The number of hydrogen-bond donors (Lipinski definition) is 0. The van der Waals surface area contributed by atoms with Crippen molar-refractivity contribution < 1.29 is 9.59 Å². The van der Waals surface area contributed by atoms with Gasteiger partial charge in [0.2, 0.25) is 0 Å². The van der Waals surface area contributed by atoms with E-state index < -0.39 is 11.7 Å². The number of halogens is 1. The number of carbonyl (C=O) groups is 2. The van der Waals surface area contributed by atoms with E-state index in [-0.39, 0.29) is 0 Å². The highest BCUT2D eigenvalue weighted by atomic mass is 35.5. The molecule has 16 heavy (non-hydrogen) atoms. The predicted octanol–water partition coefficient (Wildman–Crippen LogP) is 2.45. The molecule has 0 aliphatic carbocycles. The van der Waals surface area contributed by atoms with E-state index in [1.54, 1.807) is 24.3 Å². The van der Waals surface area contributed by atoms with Gasteiger partial charge in [-0.2, -0.15) is 0 Å². The number of anilines is 1. The van der Waals surface area contributed by atoms with Gasteiger partial charge in [0.1, 0.15) is 0 Å². The fourth-order valence-electron chi connectivity index (χ4n) is 1.74. The summed E-state index contributed by atoms with van der Waals surface area (Å²) in [6, 6.07) is 5.07. The van der Waals surface area contributed by atoms with Crippen LogP contribution >= 0.6 is 11.6 Å². The Hall–Kier alpha value is -1.61. The topological polar surface area (TPSA) is 37.4 Å². The molecular formula is C12H10ClNO2. The lowest BCUT2D eigenvalue weighted by atomic mass is 10.1. The van der Waals surface area contributed by atoms with Crippen molar-refractivity contribution in [1.29, 1.82) is 0 Å². The second kappa shape index (κ2) is 4.10. The molecule has 0 spiro atoms. The van der Waals surface area contributed by atoms with Crippen molar-refractivity contribution in [3.8, 4) is 0 Å². The lowest BCUT2D eigenvalue weighted by Crippen LogP contribution is -2.30. The molecule has 0 aromatic heterocycles. The molecule has 1 aliphatic rings. The van der Waals surface area contributed by atoms with E-state index in [9.17, 15) is 9.59 Å². The molecule has 82 valence electrons. The van der Waals surface area contributed by atoms with Gasteiger partial charge in [-0.1, -0.05) is 23.7 Å². The van der Waals surface area contributed by atoms with Crippen molar-refractivity contribution >= 4 is 29.0 Å². The number of amides is 1. The predicted molar refractivity (Wildman–Crippen MR) is 62.9 cm³/mol. The Bertz CT molecular complexity index is 482. The lowest BCUT2D eigenvalue weighted by molar-refractivity contribution is -0.114. The van der Waals surface area contributed by atoms with Gasteiger partial charge in [-0.25, -0.2) is 0 Å². The number of rotatable bonds is 3. The highest BCUT2D eigenvalue weighted by Crippen LogP contribution is 2.33. The molecule has 0 saturated heterocycles. The van der Waals surface area contributed by atoms with Gasteiger partial charge in [0, 0.05) is 6.54 Å². The quantitative estimate of drug-likeness (QED) is 0.596. The number of benzene rings is 1. The minimum absolute atomic E-state index is 0.318. The molecule has 4 heteroatoms. The highest BCUT2D eigenvalue weighted by Gasteiger charge is 2.36. The molecule has 1 aromatic rings. The summed E-state index contributed by atoms with van der Waals surface area (Å²) in [5, 5.41) is 0.331. The van der Waals surface area contributed by atoms with Gasteiger partial charge >= 0.3 is 0 Å². The average molecular weight is 236 g/mol. The Balaban J connectivity index is 2.46.